The van der Waals surface area contributed by atoms with Crippen LogP contribution < -0.4 is 0 Å². The lowest BCUT2D eigenvalue weighted by Crippen LogP contribution is -2.32. The number of Topliss-reactive ketones (excluding diaryl/α,β-unsaturated/α-hetero) is 1. The molecule has 0 unspecified atom stereocenters. The van der Waals surface area contributed by atoms with E-state index in [0.29, 0.717) is 0 Å². The van der Waals surface area contributed by atoms with E-state index in [9.17, 15) is 4.79 Å². The lowest BCUT2D eigenvalue weighted by Gasteiger charge is -2.32. The highest BCUT2D eigenvalue weighted by Gasteiger charge is 2.36. The zero-order chi connectivity index (χ0) is 10.9. The maximum absolute atomic E-state index is 12.3. The van der Waals surface area contributed by atoms with Gasteiger partial charge in [-0.15, -0.1) is 6.58 Å². The van der Waals surface area contributed by atoms with Crippen molar-refractivity contribution < 1.29 is 4.79 Å². The summed E-state index contributed by atoms with van der Waals surface area (Å²) in [5, 5.41) is 0. The molecular formula is C14H16O. The van der Waals surface area contributed by atoms with Crippen molar-refractivity contribution in [3.05, 3.63) is 48.0 Å². The van der Waals surface area contributed by atoms with Crippen LogP contribution in [0.2, 0.25) is 0 Å². The van der Waals surface area contributed by atoms with Gasteiger partial charge in [0, 0.05) is 11.0 Å². The largest absolute Gasteiger partial charge is 0.294 e. The van der Waals surface area contributed by atoms with Gasteiger partial charge in [0.25, 0.3) is 0 Å². The molecule has 0 saturated carbocycles. The van der Waals surface area contributed by atoms with E-state index in [1.807, 2.05) is 31.2 Å². The molecule has 1 aliphatic rings. The van der Waals surface area contributed by atoms with E-state index in [-0.39, 0.29) is 11.2 Å². The van der Waals surface area contributed by atoms with Gasteiger partial charge >= 0.3 is 0 Å². The second-order valence-corrected chi connectivity index (χ2v) is 4.54. The SMILES string of the molecule is C=CC[C@@]1(C)CCc2ccccc2C1=O. The van der Waals surface area contributed by atoms with Crippen LogP contribution in [0.1, 0.15) is 35.7 Å². The number of carbonyl (C=O) groups is 1. The molecule has 0 amide bonds. The number of allylic oxidation sites excluding steroid dienone is 1. The number of carbonyl (C=O) groups excluding carboxylic acids is 1. The number of aryl methyl sites for hydroxylation is 1. The lowest BCUT2D eigenvalue weighted by molar-refractivity contribution is 0.0788. The van der Waals surface area contributed by atoms with Gasteiger partial charge in [-0.2, -0.15) is 0 Å². The van der Waals surface area contributed by atoms with Crippen molar-refractivity contribution in [2.75, 3.05) is 0 Å². The molecule has 2 rings (SSSR count). The van der Waals surface area contributed by atoms with Crippen molar-refractivity contribution in [3.8, 4) is 0 Å². The maximum Gasteiger partial charge on any atom is 0.169 e. The van der Waals surface area contributed by atoms with Gasteiger partial charge < -0.3 is 0 Å². The molecule has 0 aliphatic heterocycles. The summed E-state index contributed by atoms with van der Waals surface area (Å²) in [5.41, 5.74) is 1.88. The summed E-state index contributed by atoms with van der Waals surface area (Å²) in [4.78, 5) is 12.3. The lowest BCUT2D eigenvalue weighted by atomic mass is 9.70. The number of benzene rings is 1. The predicted molar refractivity (Wildman–Crippen MR) is 62.0 cm³/mol. The smallest absolute Gasteiger partial charge is 0.169 e. The first-order valence-corrected chi connectivity index (χ1v) is 5.41. The molecule has 78 valence electrons. The molecule has 1 aromatic rings. The number of hydrogen-bond acceptors (Lipinski definition) is 1. The highest BCUT2D eigenvalue weighted by Crippen LogP contribution is 2.37. The molecule has 0 heterocycles. The summed E-state index contributed by atoms with van der Waals surface area (Å²) in [6.07, 6.45) is 4.58. The fraction of sp³-hybridized carbons (Fsp3) is 0.357. The van der Waals surface area contributed by atoms with Crippen LogP contribution in [0.5, 0.6) is 0 Å². The molecule has 15 heavy (non-hydrogen) atoms. The number of rotatable bonds is 2. The average molecular weight is 200 g/mol. The Morgan fingerprint density at radius 1 is 1.47 bits per heavy atom. The van der Waals surface area contributed by atoms with Crippen molar-refractivity contribution in [3.63, 3.8) is 0 Å². The van der Waals surface area contributed by atoms with Gasteiger partial charge in [0.2, 0.25) is 0 Å². The molecule has 1 atom stereocenters. The summed E-state index contributed by atoms with van der Waals surface area (Å²) >= 11 is 0. The monoisotopic (exact) mass is 200 g/mol. The number of hydrogen-bond donors (Lipinski definition) is 0. The Labute approximate surface area is 90.8 Å². The Bertz CT molecular complexity index is 406. The predicted octanol–water partition coefficient (Wildman–Crippen LogP) is 3.40. The van der Waals surface area contributed by atoms with Crippen LogP contribution in [-0.2, 0) is 6.42 Å². The van der Waals surface area contributed by atoms with E-state index in [1.165, 1.54) is 5.56 Å². The second kappa shape index (κ2) is 3.65. The zero-order valence-electron chi connectivity index (χ0n) is 9.12. The minimum absolute atomic E-state index is 0.226. The number of ketones is 1. The third-order valence-electron chi connectivity index (χ3n) is 3.35. The molecule has 0 spiro atoms. The first kappa shape index (κ1) is 10.2. The highest BCUT2D eigenvalue weighted by atomic mass is 16.1. The van der Waals surface area contributed by atoms with Gasteiger partial charge in [-0.3, -0.25) is 4.79 Å². The molecule has 1 nitrogen and oxygen atoms in total. The Hall–Kier alpha value is -1.37. The first-order valence-electron chi connectivity index (χ1n) is 5.41. The molecule has 1 aliphatic carbocycles. The second-order valence-electron chi connectivity index (χ2n) is 4.54. The van der Waals surface area contributed by atoms with Gasteiger partial charge in [-0.25, -0.2) is 0 Å². The summed E-state index contributed by atoms with van der Waals surface area (Å²) < 4.78 is 0. The minimum atomic E-state index is -0.226. The Morgan fingerprint density at radius 3 is 2.93 bits per heavy atom. The Balaban J connectivity index is 2.41. The maximum atomic E-state index is 12.3. The molecule has 0 N–H and O–H groups in total. The topological polar surface area (TPSA) is 17.1 Å². The van der Waals surface area contributed by atoms with Gasteiger partial charge in [-0.05, 0) is 24.8 Å². The number of fused-ring (bicyclic) bond motifs is 1. The molecule has 0 aromatic heterocycles. The normalized spacial score (nSPS) is 24.7. The van der Waals surface area contributed by atoms with Gasteiger partial charge in [0.1, 0.15) is 0 Å². The van der Waals surface area contributed by atoms with Crippen LogP contribution in [0.3, 0.4) is 0 Å². The van der Waals surface area contributed by atoms with Crippen molar-refractivity contribution in [2.45, 2.75) is 26.2 Å². The highest BCUT2D eigenvalue weighted by molar-refractivity contribution is 6.02. The Morgan fingerprint density at radius 2 is 2.20 bits per heavy atom. The van der Waals surface area contributed by atoms with Crippen molar-refractivity contribution in [1.29, 1.82) is 0 Å². The quantitative estimate of drug-likeness (QED) is 0.669. The third-order valence-corrected chi connectivity index (χ3v) is 3.35. The van der Waals surface area contributed by atoms with E-state index < -0.39 is 0 Å². The Kier molecular flexibility index (Phi) is 2.47. The van der Waals surface area contributed by atoms with E-state index in [4.69, 9.17) is 0 Å². The summed E-state index contributed by atoms with van der Waals surface area (Å²) in [5.74, 6) is 0.282. The molecule has 1 heteroatoms. The minimum Gasteiger partial charge on any atom is -0.294 e. The van der Waals surface area contributed by atoms with Crippen LogP contribution in [0.25, 0.3) is 0 Å². The standard InChI is InChI=1S/C14H16O/c1-3-9-14(2)10-8-11-6-4-5-7-12(11)13(14)15/h3-7H,1,8-10H2,2H3/t14-/m0/s1. The molecule has 0 fully saturated rings. The summed E-state index contributed by atoms with van der Waals surface area (Å²) in [7, 11) is 0. The van der Waals surface area contributed by atoms with Crippen LogP contribution in [-0.4, -0.2) is 5.78 Å². The third kappa shape index (κ3) is 1.63. The molecular weight excluding hydrogens is 184 g/mol. The molecule has 1 aromatic carbocycles. The fourth-order valence-corrected chi connectivity index (χ4v) is 2.32. The summed E-state index contributed by atoms with van der Waals surface area (Å²) in [6.45, 7) is 5.79. The fourth-order valence-electron chi connectivity index (χ4n) is 2.32. The first-order chi connectivity index (χ1) is 7.17. The van der Waals surface area contributed by atoms with E-state index in [0.717, 1.165) is 24.8 Å². The molecule has 0 radical (unpaired) electrons. The van der Waals surface area contributed by atoms with Crippen LogP contribution in [0, 0.1) is 5.41 Å². The van der Waals surface area contributed by atoms with Crippen molar-refractivity contribution in [2.24, 2.45) is 5.41 Å². The van der Waals surface area contributed by atoms with Crippen LogP contribution in [0.4, 0.5) is 0 Å². The average Bonchev–Trinajstić information content (AvgIpc) is 2.25. The van der Waals surface area contributed by atoms with E-state index in [2.05, 4.69) is 12.6 Å². The van der Waals surface area contributed by atoms with E-state index in [1.54, 1.807) is 0 Å². The molecule has 0 saturated heterocycles. The van der Waals surface area contributed by atoms with E-state index >= 15 is 0 Å². The van der Waals surface area contributed by atoms with Crippen molar-refractivity contribution >= 4 is 5.78 Å². The van der Waals surface area contributed by atoms with Crippen LogP contribution >= 0.6 is 0 Å². The van der Waals surface area contributed by atoms with Crippen LogP contribution in [0.15, 0.2) is 36.9 Å². The summed E-state index contributed by atoms with van der Waals surface area (Å²) in [6, 6.07) is 7.94. The van der Waals surface area contributed by atoms with Crippen molar-refractivity contribution in [1.82, 2.24) is 0 Å². The van der Waals surface area contributed by atoms with Gasteiger partial charge in [-0.1, -0.05) is 37.3 Å². The van der Waals surface area contributed by atoms with Gasteiger partial charge in [0.05, 0.1) is 0 Å². The zero-order valence-corrected chi connectivity index (χ0v) is 9.12. The van der Waals surface area contributed by atoms with Gasteiger partial charge in [0.15, 0.2) is 5.78 Å². The molecule has 0 bridgehead atoms.